The number of carbonyl (C=O) groups is 2. The van der Waals surface area contributed by atoms with Crippen LogP contribution in [0.25, 0.3) is 0 Å². The summed E-state index contributed by atoms with van der Waals surface area (Å²) in [4.78, 5) is 33.0. The van der Waals surface area contributed by atoms with Crippen LogP contribution in [0.5, 0.6) is 5.75 Å². The Balaban J connectivity index is 2.24. The maximum Gasteiger partial charge on any atom is 0.344 e. The van der Waals surface area contributed by atoms with Crippen molar-refractivity contribution >= 4 is 33.6 Å². The Labute approximate surface area is 132 Å². The Hall–Kier alpha value is -2.74. The molecule has 0 saturated carbocycles. The van der Waals surface area contributed by atoms with Crippen LogP contribution in [-0.4, -0.2) is 22.0 Å². The average Bonchev–Trinajstić information content (AvgIpc) is 2.47. The lowest BCUT2D eigenvalue weighted by Crippen LogP contribution is -2.11. The Morgan fingerprint density at radius 2 is 1.68 bits per heavy atom. The monoisotopic (exact) mass is 365 g/mol. The van der Waals surface area contributed by atoms with Gasteiger partial charge in [-0.1, -0.05) is 6.07 Å². The summed E-state index contributed by atoms with van der Waals surface area (Å²) in [6.45, 7) is 0. The van der Waals surface area contributed by atoms with Gasteiger partial charge in [-0.25, -0.2) is 9.59 Å². The molecule has 0 fully saturated rings. The Kier molecular flexibility index (Phi) is 4.52. The smallest absolute Gasteiger partial charge is 0.344 e. The van der Waals surface area contributed by atoms with E-state index in [1.54, 1.807) is 0 Å². The van der Waals surface area contributed by atoms with Crippen LogP contribution in [0.15, 0.2) is 46.9 Å². The summed E-state index contributed by atoms with van der Waals surface area (Å²) >= 11 is 3.06. The lowest BCUT2D eigenvalue weighted by Gasteiger charge is -2.07. The average molecular weight is 366 g/mol. The number of hydrogen-bond acceptors (Lipinski definition) is 5. The van der Waals surface area contributed by atoms with Gasteiger partial charge in [-0.2, -0.15) is 0 Å². The molecule has 0 amide bonds. The topological polar surface area (TPSA) is 107 Å². The van der Waals surface area contributed by atoms with Crippen molar-refractivity contribution in [2.75, 3.05) is 0 Å². The molecular formula is C14H8BrNO6. The summed E-state index contributed by atoms with van der Waals surface area (Å²) in [6.07, 6.45) is 0. The van der Waals surface area contributed by atoms with Gasteiger partial charge in [-0.15, -0.1) is 0 Å². The molecule has 112 valence electrons. The fourth-order valence-electron chi connectivity index (χ4n) is 1.65. The Bertz CT molecular complexity index is 756. The fourth-order valence-corrected chi connectivity index (χ4v) is 2.25. The molecule has 0 saturated heterocycles. The van der Waals surface area contributed by atoms with E-state index in [1.807, 2.05) is 0 Å². The van der Waals surface area contributed by atoms with Gasteiger partial charge in [0.05, 0.1) is 16.1 Å². The van der Waals surface area contributed by atoms with E-state index in [2.05, 4.69) is 15.9 Å². The molecule has 0 spiro atoms. The van der Waals surface area contributed by atoms with Crippen molar-refractivity contribution in [2.45, 2.75) is 0 Å². The predicted molar refractivity (Wildman–Crippen MR) is 79.2 cm³/mol. The second kappa shape index (κ2) is 6.35. The second-order valence-corrected chi connectivity index (χ2v) is 4.91. The molecule has 0 aliphatic rings. The van der Waals surface area contributed by atoms with Crippen molar-refractivity contribution in [2.24, 2.45) is 0 Å². The minimum absolute atomic E-state index is 0.0400. The van der Waals surface area contributed by atoms with Crippen LogP contribution in [0.4, 0.5) is 5.69 Å². The van der Waals surface area contributed by atoms with Crippen LogP contribution in [-0.2, 0) is 0 Å². The van der Waals surface area contributed by atoms with E-state index >= 15 is 0 Å². The first-order valence-corrected chi connectivity index (χ1v) is 6.68. The zero-order valence-corrected chi connectivity index (χ0v) is 12.4. The van der Waals surface area contributed by atoms with Gasteiger partial charge in [-0.05, 0) is 40.2 Å². The van der Waals surface area contributed by atoms with E-state index in [4.69, 9.17) is 9.84 Å². The first kappa shape index (κ1) is 15.6. The highest BCUT2D eigenvalue weighted by molar-refractivity contribution is 9.10. The van der Waals surface area contributed by atoms with Gasteiger partial charge in [0.1, 0.15) is 5.75 Å². The number of rotatable bonds is 4. The quantitative estimate of drug-likeness (QED) is 0.385. The normalized spacial score (nSPS) is 10.0. The van der Waals surface area contributed by atoms with Crippen LogP contribution in [0, 0.1) is 10.1 Å². The standard InChI is InChI=1S/C14H8BrNO6/c15-12-10(13(17)18)2-1-3-11(12)14(19)22-9-6-4-8(5-7-9)16(20)21/h1-7H,(H,17,18). The lowest BCUT2D eigenvalue weighted by atomic mass is 10.1. The van der Waals surface area contributed by atoms with Crippen LogP contribution in [0.3, 0.4) is 0 Å². The van der Waals surface area contributed by atoms with E-state index in [0.717, 1.165) is 0 Å². The zero-order valence-electron chi connectivity index (χ0n) is 10.9. The molecule has 8 heteroatoms. The van der Waals surface area contributed by atoms with Crippen LogP contribution in [0.2, 0.25) is 0 Å². The number of carboxylic acids is 1. The van der Waals surface area contributed by atoms with Gasteiger partial charge in [0, 0.05) is 16.6 Å². The van der Waals surface area contributed by atoms with E-state index in [9.17, 15) is 19.7 Å². The number of halogens is 1. The number of carbonyl (C=O) groups excluding carboxylic acids is 1. The largest absolute Gasteiger partial charge is 0.478 e. The highest BCUT2D eigenvalue weighted by Gasteiger charge is 2.18. The third-order valence-corrected chi connectivity index (χ3v) is 3.56. The van der Waals surface area contributed by atoms with Crippen molar-refractivity contribution in [3.8, 4) is 5.75 Å². The molecule has 22 heavy (non-hydrogen) atoms. The molecule has 7 nitrogen and oxygen atoms in total. The number of nitro groups is 1. The zero-order chi connectivity index (χ0) is 16.3. The Morgan fingerprint density at radius 1 is 1.09 bits per heavy atom. The predicted octanol–water partition coefficient (Wildman–Crippen LogP) is 3.27. The molecule has 2 rings (SSSR count). The molecule has 0 aromatic heterocycles. The number of nitro benzene ring substituents is 1. The third-order valence-electron chi connectivity index (χ3n) is 2.71. The summed E-state index contributed by atoms with van der Waals surface area (Å²) in [6, 6.07) is 9.13. The van der Waals surface area contributed by atoms with Gasteiger partial charge in [0.2, 0.25) is 0 Å². The Morgan fingerprint density at radius 3 is 2.23 bits per heavy atom. The molecule has 2 aromatic carbocycles. The first-order chi connectivity index (χ1) is 10.4. The van der Waals surface area contributed by atoms with Crippen molar-refractivity contribution in [1.82, 2.24) is 0 Å². The molecule has 0 aliphatic carbocycles. The fraction of sp³-hybridized carbons (Fsp3) is 0. The number of aromatic carboxylic acids is 1. The van der Waals surface area contributed by atoms with Crippen LogP contribution < -0.4 is 4.74 Å². The summed E-state index contributed by atoms with van der Waals surface area (Å²) < 4.78 is 5.17. The summed E-state index contributed by atoms with van der Waals surface area (Å²) in [5.41, 5.74) is -0.162. The molecular weight excluding hydrogens is 358 g/mol. The molecule has 0 unspecified atom stereocenters. The molecule has 0 bridgehead atoms. The summed E-state index contributed by atoms with van der Waals surface area (Å²) in [7, 11) is 0. The minimum Gasteiger partial charge on any atom is -0.478 e. The maximum atomic E-state index is 12.0. The van der Waals surface area contributed by atoms with E-state index in [-0.39, 0.29) is 27.0 Å². The highest BCUT2D eigenvalue weighted by Crippen LogP contribution is 2.24. The van der Waals surface area contributed by atoms with Gasteiger partial charge < -0.3 is 9.84 Å². The van der Waals surface area contributed by atoms with E-state index in [1.165, 1.54) is 42.5 Å². The molecule has 0 aliphatic heterocycles. The SMILES string of the molecule is O=C(O)c1cccc(C(=O)Oc2ccc([N+](=O)[O-])cc2)c1Br. The number of esters is 1. The lowest BCUT2D eigenvalue weighted by molar-refractivity contribution is -0.384. The number of ether oxygens (including phenoxy) is 1. The molecule has 0 radical (unpaired) electrons. The van der Waals surface area contributed by atoms with Crippen molar-refractivity contribution in [1.29, 1.82) is 0 Å². The van der Waals surface area contributed by atoms with E-state index < -0.39 is 16.9 Å². The number of hydrogen-bond donors (Lipinski definition) is 1. The first-order valence-electron chi connectivity index (χ1n) is 5.88. The molecule has 1 N–H and O–H groups in total. The minimum atomic E-state index is -1.18. The number of non-ortho nitro benzene ring substituents is 1. The van der Waals surface area contributed by atoms with Crippen LogP contribution in [0.1, 0.15) is 20.7 Å². The molecule has 0 atom stereocenters. The number of benzene rings is 2. The number of carboxylic acid groups (broad SMARTS) is 1. The van der Waals surface area contributed by atoms with Crippen molar-refractivity contribution in [3.63, 3.8) is 0 Å². The summed E-state index contributed by atoms with van der Waals surface area (Å²) in [5.74, 6) is -1.84. The maximum absolute atomic E-state index is 12.0. The molecule has 2 aromatic rings. The van der Waals surface area contributed by atoms with Gasteiger partial charge in [0.25, 0.3) is 5.69 Å². The second-order valence-electron chi connectivity index (χ2n) is 4.11. The third kappa shape index (κ3) is 3.29. The van der Waals surface area contributed by atoms with Crippen molar-refractivity contribution in [3.05, 3.63) is 68.2 Å². The van der Waals surface area contributed by atoms with Gasteiger partial charge in [0.15, 0.2) is 0 Å². The van der Waals surface area contributed by atoms with Crippen LogP contribution >= 0.6 is 15.9 Å². The van der Waals surface area contributed by atoms with Gasteiger partial charge >= 0.3 is 11.9 Å². The highest BCUT2D eigenvalue weighted by atomic mass is 79.9. The van der Waals surface area contributed by atoms with Gasteiger partial charge in [-0.3, -0.25) is 10.1 Å². The summed E-state index contributed by atoms with van der Waals surface area (Å²) in [5, 5.41) is 19.5. The molecule has 0 heterocycles. The van der Waals surface area contributed by atoms with E-state index in [0.29, 0.717) is 0 Å². The van der Waals surface area contributed by atoms with Crippen molar-refractivity contribution < 1.29 is 24.4 Å². The number of nitrogens with zero attached hydrogens (tertiary/aromatic N) is 1.